The molecule has 1 aromatic heterocycles. The van der Waals surface area contributed by atoms with Gasteiger partial charge in [-0.15, -0.1) is 0 Å². The van der Waals surface area contributed by atoms with Gasteiger partial charge in [0, 0.05) is 35.3 Å². The third-order valence-corrected chi connectivity index (χ3v) is 4.82. The van der Waals surface area contributed by atoms with Crippen LogP contribution < -0.4 is 15.6 Å². The highest BCUT2D eigenvalue weighted by Gasteiger charge is 2.14. The molecule has 3 rings (SSSR count). The largest absolute Gasteiger partial charge is 0.494 e. The van der Waals surface area contributed by atoms with Crippen molar-refractivity contribution in [3.05, 3.63) is 70.5 Å². The summed E-state index contributed by atoms with van der Waals surface area (Å²) in [6.07, 6.45) is 0.552. The number of hydrogen-bond acceptors (Lipinski definition) is 4. The van der Waals surface area contributed by atoms with E-state index in [0.29, 0.717) is 36.8 Å². The Hall–Kier alpha value is -2.90. The molecule has 0 radical (unpaired) electrons. The second-order valence-corrected chi connectivity index (χ2v) is 6.99. The summed E-state index contributed by atoms with van der Waals surface area (Å²) >= 11 is 5.57. The Labute approximate surface area is 175 Å². The normalized spacial score (nSPS) is 10.7. The van der Waals surface area contributed by atoms with Gasteiger partial charge in [0.25, 0.3) is 5.56 Å². The molecule has 0 aliphatic heterocycles. The van der Waals surface area contributed by atoms with E-state index in [9.17, 15) is 9.90 Å². The second-order valence-electron chi connectivity index (χ2n) is 6.60. The Kier molecular flexibility index (Phi) is 7.21. The fourth-order valence-electron chi connectivity index (χ4n) is 3.05. The van der Waals surface area contributed by atoms with Gasteiger partial charge in [-0.25, -0.2) is 0 Å². The lowest BCUT2D eigenvalue weighted by atomic mass is 10.1. The summed E-state index contributed by atoms with van der Waals surface area (Å²) in [6, 6.07) is 17.1. The highest BCUT2D eigenvalue weighted by Crippen LogP contribution is 2.20. The summed E-state index contributed by atoms with van der Waals surface area (Å²) in [5, 5.41) is 13.9. The summed E-state index contributed by atoms with van der Waals surface area (Å²) in [4.78, 5) is 17.4. The van der Waals surface area contributed by atoms with Crippen molar-refractivity contribution < 1.29 is 9.84 Å². The van der Waals surface area contributed by atoms with Crippen molar-refractivity contribution in [3.63, 3.8) is 0 Å². The number of hydrogen-bond donors (Lipinski definition) is 3. The van der Waals surface area contributed by atoms with Gasteiger partial charge in [0.1, 0.15) is 5.75 Å². The predicted molar refractivity (Wildman–Crippen MR) is 121 cm³/mol. The Morgan fingerprint density at radius 3 is 2.72 bits per heavy atom. The van der Waals surface area contributed by atoms with E-state index < -0.39 is 0 Å². The van der Waals surface area contributed by atoms with Gasteiger partial charge in [-0.05, 0) is 62.0 Å². The van der Waals surface area contributed by atoms with E-state index in [-0.39, 0.29) is 12.2 Å². The van der Waals surface area contributed by atoms with Crippen LogP contribution in [0.15, 0.2) is 59.4 Å². The van der Waals surface area contributed by atoms with Gasteiger partial charge in [-0.1, -0.05) is 18.2 Å². The van der Waals surface area contributed by atoms with Gasteiger partial charge in [0.05, 0.1) is 13.2 Å². The Morgan fingerprint density at radius 1 is 1.21 bits per heavy atom. The van der Waals surface area contributed by atoms with Crippen LogP contribution >= 0.6 is 12.2 Å². The quantitative estimate of drug-likeness (QED) is 0.493. The Morgan fingerprint density at radius 2 is 2.00 bits per heavy atom. The molecule has 7 heteroatoms. The third-order valence-electron chi connectivity index (χ3n) is 4.46. The minimum atomic E-state index is -0.154. The molecule has 2 aromatic carbocycles. The first-order valence-corrected chi connectivity index (χ1v) is 10.0. The maximum Gasteiger partial charge on any atom is 0.253 e. The van der Waals surface area contributed by atoms with Crippen LogP contribution in [0.1, 0.15) is 18.9 Å². The molecule has 3 aromatic rings. The highest BCUT2D eigenvalue weighted by molar-refractivity contribution is 7.80. The molecule has 0 amide bonds. The number of nitrogens with zero attached hydrogens (tertiary/aromatic N) is 1. The number of benzene rings is 2. The molecule has 0 unspecified atom stereocenters. The summed E-state index contributed by atoms with van der Waals surface area (Å²) < 4.78 is 5.56. The zero-order chi connectivity index (χ0) is 20.6. The lowest BCUT2D eigenvalue weighted by molar-refractivity contribution is 0.265. The minimum absolute atomic E-state index is 0.0518. The van der Waals surface area contributed by atoms with Gasteiger partial charge < -0.3 is 25.0 Å². The predicted octanol–water partition coefficient (Wildman–Crippen LogP) is 3.51. The lowest BCUT2D eigenvalue weighted by Crippen LogP contribution is -2.37. The van der Waals surface area contributed by atoms with Gasteiger partial charge in [-0.3, -0.25) is 4.79 Å². The number of aliphatic hydroxyl groups excluding tert-OH is 1. The number of H-pyrrole nitrogens is 1. The highest BCUT2D eigenvalue weighted by atomic mass is 32.1. The molecule has 29 heavy (non-hydrogen) atoms. The first kappa shape index (κ1) is 20.8. The molecule has 0 saturated heterocycles. The third kappa shape index (κ3) is 5.56. The van der Waals surface area contributed by atoms with E-state index in [1.807, 2.05) is 66.4 Å². The fourth-order valence-corrected chi connectivity index (χ4v) is 3.32. The molecule has 0 aliphatic rings. The van der Waals surface area contributed by atoms with E-state index in [2.05, 4.69) is 10.3 Å². The van der Waals surface area contributed by atoms with Crippen molar-refractivity contribution in [2.75, 3.05) is 25.1 Å². The first-order chi connectivity index (χ1) is 14.1. The van der Waals surface area contributed by atoms with Gasteiger partial charge >= 0.3 is 0 Å². The van der Waals surface area contributed by atoms with E-state index in [1.54, 1.807) is 0 Å². The topological polar surface area (TPSA) is 77.6 Å². The van der Waals surface area contributed by atoms with Crippen molar-refractivity contribution >= 4 is 33.9 Å². The molecule has 0 atom stereocenters. The fraction of sp³-hybridized carbons (Fsp3) is 0.273. The molecule has 0 fully saturated rings. The number of nitrogens with one attached hydrogen (secondary N) is 2. The first-order valence-electron chi connectivity index (χ1n) is 9.61. The molecule has 0 spiro atoms. The molecule has 0 bridgehead atoms. The number of rotatable bonds is 8. The lowest BCUT2D eigenvalue weighted by Gasteiger charge is -2.25. The summed E-state index contributed by atoms with van der Waals surface area (Å²) in [6.45, 7) is 3.43. The van der Waals surface area contributed by atoms with Crippen molar-refractivity contribution in [2.45, 2.75) is 19.9 Å². The maximum atomic E-state index is 12.6. The number of aliphatic hydroxyl groups is 1. The van der Waals surface area contributed by atoms with E-state index >= 15 is 0 Å². The molecular weight excluding hydrogens is 386 g/mol. The summed E-state index contributed by atoms with van der Waals surface area (Å²) in [5.74, 6) is 0.761. The number of aromatic amines is 1. The molecule has 1 heterocycles. The minimum Gasteiger partial charge on any atom is -0.494 e. The van der Waals surface area contributed by atoms with Gasteiger partial charge in [0.15, 0.2) is 5.11 Å². The zero-order valence-electron chi connectivity index (χ0n) is 16.4. The average molecular weight is 412 g/mol. The molecule has 0 saturated carbocycles. The van der Waals surface area contributed by atoms with E-state index in [4.69, 9.17) is 17.0 Å². The summed E-state index contributed by atoms with van der Waals surface area (Å²) in [7, 11) is 0. The number of aromatic nitrogens is 1. The van der Waals surface area contributed by atoms with Crippen molar-refractivity contribution in [1.29, 1.82) is 0 Å². The number of fused-ring (bicyclic) bond motifs is 1. The van der Waals surface area contributed by atoms with Crippen LogP contribution in [0.5, 0.6) is 5.75 Å². The van der Waals surface area contributed by atoms with Crippen LogP contribution in [0.3, 0.4) is 0 Å². The number of ether oxygens (including phenoxy) is 1. The number of anilines is 1. The maximum absolute atomic E-state index is 12.6. The number of para-hydroxylation sites is 1. The zero-order valence-corrected chi connectivity index (χ0v) is 17.2. The van der Waals surface area contributed by atoms with Crippen molar-refractivity contribution in [1.82, 2.24) is 9.88 Å². The molecule has 0 aliphatic carbocycles. The van der Waals surface area contributed by atoms with Crippen LogP contribution in [-0.4, -0.2) is 39.9 Å². The molecule has 3 N–H and O–H groups in total. The smallest absolute Gasteiger partial charge is 0.253 e. The van der Waals surface area contributed by atoms with Crippen molar-refractivity contribution in [3.8, 4) is 5.75 Å². The van der Waals surface area contributed by atoms with E-state index in [0.717, 1.165) is 22.3 Å². The summed E-state index contributed by atoms with van der Waals surface area (Å²) in [5.41, 5.74) is 2.08. The second kappa shape index (κ2) is 10.0. The monoisotopic (exact) mass is 411 g/mol. The molecule has 6 nitrogen and oxygen atoms in total. The van der Waals surface area contributed by atoms with Crippen LogP contribution in [0, 0.1) is 0 Å². The average Bonchev–Trinajstić information content (AvgIpc) is 2.72. The molecular formula is C22H25N3O3S. The Bertz CT molecular complexity index is 1020. The van der Waals surface area contributed by atoms with Gasteiger partial charge in [-0.2, -0.15) is 0 Å². The number of pyridine rings is 1. The van der Waals surface area contributed by atoms with Crippen molar-refractivity contribution in [2.24, 2.45) is 0 Å². The van der Waals surface area contributed by atoms with Crippen LogP contribution in [0.4, 0.5) is 5.69 Å². The SMILES string of the molecule is CCOc1ccc2[nH]c(=O)c(CN(CCCO)C(=S)Nc3ccccc3)cc2c1. The number of thiocarbonyl (C=S) groups is 1. The standard InChI is InChI=1S/C22H25N3O3S/c1-2-28-19-9-10-20-16(14-19)13-17(21(27)24-20)15-25(11-6-12-26)22(29)23-18-7-4-3-5-8-18/h3-5,7-10,13-14,26H,2,6,11-12,15H2,1H3,(H,23,29)(H,24,27). The van der Waals surface area contributed by atoms with E-state index in [1.165, 1.54) is 0 Å². The van der Waals surface area contributed by atoms with Crippen LogP contribution in [0.2, 0.25) is 0 Å². The van der Waals surface area contributed by atoms with Crippen LogP contribution in [-0.2, 0) is 6.54 Å². The van der Waals surface area contributed by atoms with Crippen LogP contribution in [0.25, 0.3) is 10.9 Å². The van der Waals surface area contributed by atoms with Gasteiger partial charge in [0.2, 0.25) is 0 Å². The molecule has 152 valence electrons. The Balaban J connectivity index is 1.85.